The lowest BCUT2D eigenvalue weighted by Crippen LogP contribution is -2.44. The molecule has 0 aliphatic carbocycles. The zero-order chi connectivity index (χ0) is 17.3. The SMILES string of the molecule is COc1ccccc1Oc1cc(N2C(=O)NC(C)(C)C2O)ncn1. The second kappa shape index (κ2) is 5.97. The number of nitrogens with one attached hydrogen (secondary N) is 1. The molecule has 2 N–H and O–H groups in total. The first kappa shape index (κ1) is 16.0. The summed E-state index contributed by atoms with van der Waals surface area (Å²) in [6, 6.07) is 8.18. The van der Waals surface area contributed by atoms with Gasteiger partial charge in [-0.25, -0.2) is 19.7 Å². The van der Waals surface area contributed by atoms with Gasteiger partial charge in [-0.15, -0.1) is 0 Å². The first-order chi connectivity index (χ1) is 11.4. The van der Waals surface area contributed by atoms with Crippen molar-refractivity contribution < 1.29 is 19.4 Å². The summed E-state index contributed by atoms with van der Waals surface area (Å²) in [4.78, 5) is 21.4. The quantitative estimate of drug-likeness (QED) is 0.889. The number of carbonyl (C=O) groups is 1. The number of carbonyl (C=O) groups excluding carboxylic acids is 1. The van der Waals surface area contributed by atoms with Gasteiger partial charge in [0.25, 0.3) is 0 Å². The van der Waals surface area contributed by atoms with Gasteiger partial charge in [0.05, 0.1) is 12.6 Å². The molecule has 1 unspecified atom stereocenters. The minimum Gasteiger partial charge on any atom is -0.493 e. The number of anilines is 1. The molecule has 1 atom stereocenters. The number of urea groups is 1. The predicted octanol–water partition coefficient (Wildman–Crippen LogP) is 1.90. The summed E-state index contributed by atoms with van der Waals surface area (Å²) < 4.78 is 10.9. The van der Waals surface area contributed by atoms with Crippen molar-refractivity contribution in [2.75, 3.05) is 12.0 Å². The molecule has 1 saturated heterocycles. The molecule has 2 aromatic rings. The zero-order valence-corrected chi connectivity index (χ0v) is 13.6. The van der Waals surface area contributed by atoms with Crippen molar-refractivity contribution >= 4 is 11.8 Å². The van der Waals surface area contributed by atoms with Crippen molar-refractivity contribution in [2.24, 2.45) is 0 Å². The number of para-hydroxylation sites is 2. The van der Waals surface area contributed by atoms with E-state index in [-0.39, 0.29) is 11.7 Å². The van der Waals surface area contributed by atoms with Crippen LogP contribution in [0.2, 0.25) is 0 Å². The minimum atomic E-state index is -1.06. The van der Waals surface area contributed by atoms with Gasteiger partial charge in [0.1, 0.15) is 12.1 Å². The minimum absolute atomic E-state index is 0.231. The van der Waals surface area contributed by atoms with Crippen LogP contribution in [0.3, 0.4) is 0 Å². The molecule has 8 nitrogen and oxygen atoms in total. The van der Waals surface area contributed by atoms with Crippen LogP contribution in [-0.2, 0) is 0 Å². The molecule has 1 fully saturated rings. The van der Waals surface area contributed by atoms with Gasteiger partial charge in [-0.05, 0) is 26.0 Å². The van der Waals surface area contributed by atoms with Gasteiger partial charge < -0.3 is 19.9 Å². The highest BCUT2D eigenvalue weighted by Crippen LogP contribution is 2.32. The standard InChI is InChI=1S/C16H18N4O4/c1-16(2)14(21)20(15(22)19-16)12-8-13(18-9-17-12)24-11-7-5-4-6-10(11)23-3/h4-9,14,21H,1-3H3,(H,19,22). The maximum Gasteiger partial charge on any atom is 0.325 e. The topological polar surface area (TPSA) is 96.8 Å². The Morgan fingerprint density at radius 1 is 1.25 bits per heavy atom. The van der Waals surface area contributed by atoms with Crippen molar-refractivity contribution in [3.63, 3.8) is 0 Å². The Morgan fingerprint density at radius 2 is 1.96 bits per heavy atom. The van der Waals surface area contributed by atoms with Crippen molar-refractivity contribution in [2.45, 2.75) is 25.6 Å². The van der Waals surface area contributed by atoms with Gasteiger partial charge >= 0.3 is 6.03 Å². The first-order valence-electron chi connectivity index (χ1n) is 7.35. The summed E-state index contributed by atoms with van der Waals surface area (Å²) in [5.74, 6) is 1.51. The van der Waals surface area contributed by atoms with E-state index >= 15 is 0 Å². The van der Waals surface area contributed by atoms with E-state index in [4.69, 9.17) is 9.47 Å². The van der Waals surface area contributed by atoms with Crippen LogP contribution in [0.15, 0.2) is 36.7 Å². The monoisotopic (exact) mass is 330 g/mol. The van der Waals surface area contributed by atoms with Crippen LogP contribution in [-0.4, -0.2) is 40.0 Å². The second-order valence-electron chi connectivity index (χ2n) is 5.86. The van der Waals surface area contributed by atoms with Gasteiger partial charge in [-0.1, -0.05) is 12.1 Å². The van der Waals surface area contributed by atoms with E-state index in [2.05, 4.69) is 15.3 Å². The maximum atomic E-state index is 12.1. The molecule has 24 heavy (non-hydrogen) atoms. The lowest BCUT2D eigenvalue weighted by Gasteiger charge is -2.25. The number of aliphatic hydroxyl groups is 1. The van der Waals surface area contributed by atoms with Gasteiger partial charge in [-0.2, -0.15) is 0 Å². The number of amides is 2. The molecule has 1 aliphatic rings. The van der Waals surface area contributed by atoms with Crippen LogP contribution >= 0.6 is 0 Å². The molecule has 1 aromatic heterocycles. The van der Waals surface area contributed by atoms with E-state index in [1.54, 1.807) is 39.2 Å². The van der Waals surface area contributed by atoms with E-state index in [1.165, 1.54) is 12.4 Å². The fourth-order valence-electron chi connectivity index (χ4n) is 2.40. The van der Waals surface area contributed by atoms with E-state index in [9.17, 15) is 9.90 Å². The molecular formula is C16H18N4O4. The van der Waals surface area contributed by atoms with E-state index < -0.39 is 17.8 Å². The number of ether oxygens (including phenoxy) is 2. The smallest absolute Gasteiger partial charge is 0.325 e. The average molecular weight is 330 g/mol. The molecule has 126 valence electrons. The highest BCUT2D eigenvalue weighted by Gasteiger charge is 2.45. The Balaban J connectivity index is 1.89. The summed E-state index contributed by atoms with van der Waals surface area (Å²) in [5.41, 5.74) is -0.786. The Morgan fingerprint density at radius 3 is 2.58 bits per heavy atom. The van der Waals surface area contributed by atoms with Gasteiger partial charge in [0.15, 0.2) is 17.7 Å². The third kappa shape index (κ3) is 2.83. The van der Waals surface area contributed by atoms with Gasteiger partial charge in [0, 0.05) is 6.07 Å². The van der Waals surface area contributed by atoms with Crippen LogP contribution in [0.1, 0.15) is 13.8 Å². The summed E-state index contributed by atoms with van der Waals surface area (Å²) in [7, 11) is 1.54. The Kier molecular flexibility index (Phi) is 3.98. The predicted molar refractivity (Wildman–Crippen MR) is 86.2 cm³/mol. The van der Waals surface area contributed by atoms with Crippen LogP contribution in [0.25, 0.3) is 0 Å². The molecule has 0 radical (unpaired) electrons. The highest BCUT2D eigenvalue weighted by molar-refractivity contribution is 5.94. The largest absolute Gasteiger partial charge is 0.493 e. The molecular weight excluding hydrogens is 312 g/mol. The van der Waals surface area contributed by atoms with Crippen molar-refractivity contribution in [1.29, 1.82) is 0 Å². The van der Waals surface area contributed by atoms with Crippen molar-refractivity contribution in [3.8, 4) is 17.4 Å². The fourth-order valence-corrected chi connectivity index (χ4v) is 2.40. The van der Waals surface area contributed by atoms with E-state index in [0.717, 1.165) is 4.90 Å². The Hall–Kier alpha value is -2.87. The molecule has 3 rings (SSSR count). The number of rotatable bonds is 4. The summed E-state index contributed by atoms with van der Waals surface area (Å²) in [6.45, 7) is 3.45. The number of aromatic nitrogens is 2. The summed E-state index contributed by atoms with van der Waals surface area (Å²) >= 11 is 0. The molecule has 0 bridgehead atoms. The zero-order valence-electron chi connectivity index (χ0n) is 13.6. The van der Waals surface area contributed by atoms with Crippen LogP contribution in [0.5, 0.6) is 17.4 Å². The average Bonchev–Trinajstić information content (AvgIpc) is 2.76. The number of hydrogen-bond acceptors (Lipinski definition) is 6. The van der Waals surface area contributed by atoms with E-state index in [0.29, 0.717) is 11.5 Å². The van der Waals surface area contributed by atoms with Crippen molar-refractivity contribution in [1.82, 2.24) is 15.3 Å². The summed E-state index contributed by atoms with van der Waals surface area (Å²) in [5, 5.41) is 13.0. The number of benzene rings is 1. The lowest BCUT2D eigenvalue weighted by atomic mass is 10.1. The second-order valence-corrected chi connectivity index (χ2v) is 5.86. The van der Waals surface area contributed by atoms with Gasteiger partial charge in [0.2, 0.25) is 5.88 Å². The first-order valence-corrected chi connectivity index (χ1v) is 7.35. The molecule has 2 amide bonds. The summed E-state index contributed by atoms with van der Waals surface area (Å²) in [6.07, 6.45) is 0.213. The molecule has 0 spiro atoms. The lowest BCUT2D eigenvalue weighted by molar-refractivity contribution is 0.119. The maximum absolute atomic E-state index is 12.1. The number of hydrogen-bond donors (Lipinski definition) is 2. The van der Waals surface area contributed by atoms with Crippen molar-refractivity contribution in [3.05, 3.63) is 36.7 Å². The molecule has 0 saturated carbocycles. The highest BCUT2D eigenvalue weighted by atomic mass is 16.5. The normalized spacial score (nSPS) is 19.1. The van der Waals surface area contributed by atoms with Gasteiger partial charge in [-0.3, -0.25) is 0 Å². The molecule has 8 heteroatoms. The number of aliphatic hydroxyl groups excluding tert-OH is 1. The Bertz CT molecular complexity index is 765. The number of methoxy groups -OCH3 is 1. The molecule has 1 aliphatic heterocycles. The Labute approximate surface area is 139 Å². The third-order valence-corrected chi connectivity index (χ3v) is 3.70. The van der Waals surface area contributed by atoms with E-state index in [1.807, 2.05) is 6.07 Å². The third-order valence-electron chi connectivity index (χ3n) is 3.70. The molecule has 1 aromatic carbocycles. The fraction of sp³-hybridized carbons (Fsp3) is 0.312. The number of nitrogens with zero attached hydrogens (tertiary/aromatic N) is 3. The molecule has 2 heterocycles. The van der Waals surface area contributed by atoms with Crippen LogP contribution in [0.4, 0.5) is 10.6 Å². The van der Waals surface area contributed by atoms with Crippen LogP contribution < -0.4 is 19.7 Å². The van der Waals surface area contributed by atoms with Crippen LogP contribution in [0, 0.1) is 0 Å².